The topological polar surface area (TPSA) is 64.6 Å². The minimum absolute atomic E-state index is 0.0990. The van der Waals surface area contributed by atoms with E-state index < -0.39 is 23.2 Å². The van der Waals surface area contributed by atoms with Gasteiger partial charge in [-0.3, -0.25) is 0 Å². The first-order valence-corrected chi connectivity index (χ1v) is 11.6. The Morgan fingerprint density at radius 1 is 1.24 bits per heavy atom. The van der Waals surface area contributed by atoms with Crippen LogP contribution < -0.4 is 5.32 Å². The molecule has 2 atom stereocenters. The van der Waals surface area contributed by atoms with Gasteiger partial charge in [0.25, 0.3) is 0 Å². The SMILES string of the molecule is C=CC[C@H]1Cc2cc(Cl)c(CC)cc2[C@@]1(NC(=O)OC(C)(C)C)C(=O)OCc1ccccc1. The van der Waals surface area contributed by atoms with Crippen LogP contribution in [0.5, 0.6) is 0 Å². The van der Waals surface area contributed by atoms with Crippen molar-refractivity contribution < 1.29 is 19.1 Å². The van der Waals surface area contributed by atoms with E-state index in [4.69, 9.17) is 21.1 Å². The Morgan fingerprint density at radius 3 is 2.55 bits per heavy atom. The van der Waals surface area contributed by atoms with Crippen molar-refractivity contribution in [3.63, 3.8) is 0 Å². The van der Waals surface area contributed by atoms with Gasteiger partial charge in [0.05, 0.1) is 0 Å². The maximum Gasteiger partial charge on any atom is 0.408 e. The molecule has 0 heterocycles. The molecular weight excluding hydrogens is 438 g/mol. The Bertz CT molecular complexity index is 1030. The van der Waals surface area contributed by atoms with Crippen molar-refractivity contribution in [2.24, 2.45) is 5.92 Å². The number of aryl methyl sites for hydroxylation is 1. The van der Waals surface area contributed by atoms with Gasteiger partial charge in [-0.1, -0.05) is 61.0 Å². The Labute approximate surface area is 201 Å². The molecule has 176 valence electrons. The van der Waals surface area contributed by atoms with Crippen LogP contribution in [-0.2, 0) is 39.3 Å². The highest BCUT2D eigenvalue weighted by atomic mass is 35.5. The molecule has 1 N–H and O–H groups in total. The second kappa shape index (κ2) is 10.0. The highest BCUT2D eigenvalue weighted by Gasteiger charge is 2.55. The number of hydrogen-bond donors (Lipinski definition) is 1. The minimum atomic E-state index is -1.41. The summed E-state index contributed by atoms with van der Waals surface area (Å²) in [6.07, 6.45) is 2.84. The summed E-state index contributed by atoms with van der Waals surface area (Å²) in [5.41, 5.74) is 1.26. The second-order valence-corrected chi connectivity index (χ2v) is 9.78. The molecule has 0 saturated carbocycles. The Hall–Kier alpha value is -2.79. The number of carbonyl (C=O) groups is 2. The summed E-state index contributed by atoms with van der Waals surface area (Å²) in [5.74, 6) is -0.809. The largest absolute Gasteiger partial charge is 0.459 e. The summed E-state index contributed by atoms with van der Waals surface area (Å²) in [7, 11) is 0. The van der Waals surface area contributed by atoms with Gasteiger partial charge in [0.2, 0.25) is 0 Å². The fourth-order valence-corrected chi connectivity index (χ4v) is 4.68. The first-order chi connectivity index (χ1) is 15.6. The summed E-state index contributed by atoms with van der Waals surface area (Å²) in [5, 5.41) is 3.57. The first kappa shape index (κ1) is 24.8. The predicted octanol–water partition coefficient (Wildman–Crippen LogP) is 6.11. The van der Waals surface area contributed by atoms with Gasteiger partial charge in [0.15, 0.2) is 5.54 Å². The van der Waals surface area contributed by atoms with Gasteiger partial charge in [-0.05, 0) is 68.4 Å². The van der Waals surface area contributed by atoms with Crippen LogP contribution in [0.1, 0.15) is 56.4 Å². The van der Waals surface area contributed by atoms with Crippen LogP contribution in [0, 0.1) is 5.92 Å². The molecule has 3 rings (SSSR count). The van der Waals surface area contributed by atoms with Gasteiger partial charge >= 0.3 is 12.1 Å². The average molecular weight is 470 g/mol. The molecule has 6 heteroatoms. The summed E-state index contributed by atoms with van der Waals surface area (Å²) >= 11 is 6.49. The zero-order valence-electron chi connectivity index (χ0n) is 19.7. The van der Waals surface area contributed by atoms with E-state index >= 15 is 0 Å². The number of nitrogens with one attached hydrogen (secondary N) is 1. The first-order valence-electron chi connectivity index (χ1n) is 11.3. The molecule has 5 nitrogen and oxygen atoms in total. The molecule has 0 radical (unpaired) electrons. The van der Waals surface area contributed by atoms with Crippen LogP contribution in [0.25, 0.3) is 0 Å². The van der Waals surface area contributed by atoms with Crippen molar-refractivity contribution in [1.29, 1.82) is 0 Å². The third-order valence-corrected chi connectivity index (χ3v) is 6.19. The van der Waals surface area contributed by atoms with Crippen LogP contribution >= 0.6 is 11.6 Å². The van der Waals surface area contributed by atoms with Crippen LogP contribution in [0.4, 0.5) is 4.79 Å². The molecule has 1 aliphatic carbocycles. The van der Waals surface area contributed by atoms with Crippen molar-refractivity contribution in [1.82, 2.24) is 5.32 Å². The molecule has 1 amide bonds. The maximum atomic E-state index is 13.8. The number of esters is 1. The maximum absolute atomic E-state index is 13.8. The highest BCUT2D eigenvalue weighted by Crippen LogP contribution is 2.46. The third-order valence-electron chi connectivity index (χ3n) is 5.84. The summed E-state index contributed by atoms with van der Waals surface area (Å²) in [6, 6.07) is 13.3. The Morgan fingerprint density at radius 2 is 1.94 bits per heavy atom. The average Bonchev–Trinajstić information content (AvgIpc) is 3.03. The molecule has 2 aromatic carbocycles. The lowest BCUT2D eigenvalue weighted by Crippen LogP contribution is -2.56. The van der Waals surface area contributed by atoms with E-state index in [2.05, 4.69) is 11.9 Å². The number of alkyl carbamates (subject to hydrolysis) is 1. The van der Waals surface area contributed by atoms with Crippen LogP contribution in [0.15, 0.2) is 55.1 Å². The zero-order valence-corrected chi connectivity index (χ0v) is 20.5. The van der Waals surface area contributed by atoms with Gasteiger partial charge < -0.3 is 14.8 Å². The number of halogens is 1. The quantitative estimate of drug-likeness (QED) is 0.392. The molecule has 0 aliphatic heterocycles. The smallest absolute Gasteiger partial charge is 0.408 e. The Balaban J connectivity index is 2.08. The Kier molecular flexibility index (Phi) is 7.53. The van der Waals surface area contributed by atoms with Gasteiger partial charge in [-0.2, -0.15) is 0 Å². The number of carbonyl (C=O) groups excluding carboxylic acids is 2. The van der Waals surface area contributed by atoms with E-state index in [0.717, 1.165) is 16.7 Å². The van der Waals surface area contributed by atoms with Gasteiger partial charge in [0.1, 0.15) is 12.2 Å². The number of ether oxygens (including phenoxy) is 2. The lowest BCUT2D eigenvalue weighted by molar-refractivity contribution is -0.156. The molecule has 1 aliphatic rings. The van der Waals surface area contributed by atoms with E-state index in [1.54, 1.807) is 26.8 Å². The predicted molar refractivity (Wildman–Crippen MR) is 130 cm³/mol. The summed E-state index contributed by atoms with van der Waals surface area (Å²) in [4.78, 5) is 26.8. The molecule has 0 unspecified atom stereocenters. The zero-order chi connectivity index (χ0) is 24.2. The molecule has 0 spiro atoms. The lowest BCUT2D eigenvalue weighted by Gasteiger charge is -2.35. The molecule has 0 saturated heterocycles. The summed E-state index contributed by atoms with van der Waals surface area (Å²) in [6.45, 7) is 11.3. The lowest BCUT2D eigenvalue weighted by atomic mass is 9.81. The van der Waals surface area contributed by atoms with Gasteiger partial charge in [0, 0.05) is 10.9 Å². The van der Waals surface area contributed by atoms with E-state index in [-0.39, 0.29) is 12.5 Å². The number of fused-ring (bicyclic) bond motifs is 1. The van der Waals surface area contributed by atoms with E-state index in [1.807, 2.05) is 49.4 Å². The van der Waals surface area contributed by atoms with Crippen molar-refractivity contribution in [3.8, 4) is 0 Å². The van der Waals surface area contributed by atoms with Crippen LogP contribution in [0.2, 0.25) is 5.02 Å². The monoisotopic (exact) mass is 469 g/mol. The molecule has 0 fully saturated rings. The van der Waals surface area contributed by atoms with Crippen LogP contribution in [0.3, 0.4) is 0 Å². The van der Waals surface area contributed by atoms with Crippen molar-refractivity contribution in [2.75, 3.05) is 0 Å². The molecule has 2 aromatic rings. The number of allylic oxidation sites excluding steroid dienone is 1. The number of rotatable bonds is 7. The molecule has 33 heavy (non-hydrogen) atoms. The minimum Gasteiger partial charge on any atom is -0.459 e. The van der Waals surface area contributed by atoms with E-state index in [9.17, 15) is 9.59 Å². The standard InChI is InChI=1S/C27H32ClNO4/c1-6-11-21-14-20-16-23(28)19(7-2)15-22(20)27(21,29-25(31)33-26(3,4)5)24(30)32-17-18-12-9-8-10-13-18/h6,8-10,12-13,15-16,21H,1,7,11,14,17H2,2-5H3,(H,29,31)/t21-,27+/m0/s1. The third kappa shape index (κ3) is 5.41. The van der Waals surface area contributed by atoms with Crippen molar-refractivity contribution >= 4 is 23.7 Å². The fourth-order valence-electron chi connectivity index (χ4n) is 4.36. The number of amides is 1. The molecule has 0 bridgehead atoms. The number of hydrogen-bond acceptors (Lipinski definition) is 4. The van der Waals surface area contributed by atoms with Crippen molar-refractivity contribution in [2.45, 2.75) is 64.7 Å². The van der Waals surface area contributed by atoms with Gasteiger partial charge in [-0.15, -0.1) is 6.58 Å². The van der Waals surface area contributed by atoms with Crippen molar-refractivity contribution in [3.05, 3.63) is 82.4 Å². The normalized spacial score (nSPS) is 19.5. The van der Waals surface area contributed by atoms with E-state index in [0.29, 0.717) is 29.8 Å². The second-order valence-electron chi connectivity index (χ2n) is 9.38. The van der Waals surface area contributed by atoms with Gasteiger partial charge in [-0.25, -0.2) is 9.59 Å². The number of benzene rings is 2. The summed E-state index contributed by atoms with van der Waals surface area (Å²) < 4.78 is 11.4. The fraction of sp³-hybridized carbons (Fsp3) is 0.407. The molecular formula is C27H32ClNO4. The molecule has 0 aromatic heterocycles. The van der Waals surface area contributed by atoms with E-state index in [1.165, 1.54) is 0 Å². The van der Waals surface area contributed by atoms with Crippen LogP contribution in [-0.4, -0.2) is 17.7 Å². The highest BCUT2D eigenvalue weighted by molar-refractivity contribution is 6.31.